The fourth-order valence-corrected chi connectivity index (χ4v) is 6.62. The Morgan fingerprint density at radius 2 is 1.61 bits per heavy atom. The highest BCUT2D eigenvalue weighted by molar-refractivity contribution is 8.00. The first-order valence-electron chi connectivity index (χ1n) is 12.6. The van der Waals surface area contributed by atoms with Crippen molar-refractivity contribution in [2.24, 2.45) is 0 Å². The maximum Gasteiger partial charge on any atom is 0.264 e. The zero-order valence-electron chi connectivity index (χ0n) is 22.2. The predicted octanol–water partition coefficient (Wildman–Crippen LogP) is 5.57. The van der Waals surface area contributed by atoms with Crippen LogP contribution in [-0.4, -0.2) is 40.9 Å². The number of nitrogens with one attached hydrogen (secondary N) is 2. The Labute approximate surface area is 247 Å². The number of carbonyl (C=O) groups is 2. The Bertz CT molecular complexity index is 1680. The molecule has 2 heterocycles. The molecule has 3 aromatic carbocycles. The van der Waals surface area contributed by atoms with Crippen molar-refractivity contribution in [1.82, 2.24) is 14.9 Å². The van der Waals surface area contributed by atoms with Gasteiger partial charge in [-0.25, -0.2) is 23.1 Å². The van der Waals surface area contributed by atoms with E-state index in [1.165, 1.54) is 24.3 Å². The van der Waals surface area contributed by atoms with Crippen LogP contribution in [0.4, 0.5) is 11.6 Å². The summed E-state index contributed by atoms with van der Waals surface area (Å²) in [6.45, 7) is 3.97. The van der Waals surface area contributed by atoms with Gasteiger partial charge in [-0.15, -0.1) is 11.8 Å². The molecule has 2 amide bonds. The zero-order chi connectivity index (χ0) is 29.1. The number of benzene rings is 3. The lowest BCUT2D eigenvalue weighted by atomic mass is 10.1. The van der Waals surface area contributed by atoms with Crippen LogP contribution in [0.25, 0.3) is 0 Å². The first-order chi connectivity index (χ1) is 19.6. The van der Waals surface area contributed by atoms with Crippen molar-refractivity contribution in [2.75, 3.05) is 15.8 Å². The van der Waals surface area contributed by atoms with Gasteiger partial charge in [0, 0.05) is 34.2 Å². The van der Waals surface area contributed by atoms with Crippen LogP contribution in [0.1, 0.15) is 38.2 Å². The van der Waals surface area contributed by atoms with Crippen LogP contribution in [0.5, 0.6) is 0 Å². The molecule has 1 aliphatic rings. The van der Waals surface area contributed by atoms with E-state index >= 15 is 0 Å². The summed E-state index contributed by atoms with van der Waals surface area (Å²) in [5.41, 5.74) is 4.06. The summed E-state index contributed by atoms with van der Waals surface area (Å²) in [6, 6.07) is 22.1. The normalized spacial score (nSPS) is 15.1. The van der Waals surface area contributed by atoms with E-state index in [1.807, 2.05) is 29.2 Å². The third-order valence-electron chi connectivity index (χ3n) is 6.32. The van der Waals surface area contributed by atoms with Gasteiger partial charge in [0.2, 0.25) is 11.9 Å². The Kier molecular flexibility index (Phi) is 8.30. The predicted molar refractivity (Wildman–Crippen MR) is 160 cm³/mol. The van der Waals surface area contributed by atoms with Crippen LogP contribution in [0, 0.1) is 13.8 Å². The molecule has 0 radical (unpaired) electrons. The monoisotopic (exact) mass is 607 g/mol. The highest BCUT2D eigenvalue weighted by atomic mass is 35.5. The van der Waals surface area contributed by atoms with Crippen LogP contribution in [0.15, 0.2) is 83.8 Å². The van der Waals surface area contributed by atoms with Gasteiger partial charge in [-0.05, 0) is 79.6 Å². The number of anilines is 2. The van der Waals surface area contributed by atoms with Gasteiger partial charge in [0.1, 0.15) is 5.37 Å². The molecule has 0 bridgehead atoms. The van der Waals surface area contributed by atoms with E-state index in [0.29, 0.717) is 40.0 Å². The Balaban J connectivity index is 1.23. The largest absolute Gasteiger partial charge is 0.322 e. The Hall–Kier alpha value is -3.93. The van der Waals surface area contributed by atoms with Crippen LogP contribution in [-0.2, 0) is 21.4 Å². The van der Waals surface area contributed by atoms with E-state index in [9.17, 15) is 18.0 Å². The number of hydrogen-bond donors (Lipinski definition) is 2. The fraction of sp³-hybridized carbons (Fsp3) is 0.172. The Morgan fingerprint density at radius 3 is 2.24 bits per heavy atom. The topological polar surface area (TPSA) is 121 Å². The third-order valence-corrected chi connectivity index (χ3v) is 9.17. The molecule has 0 spiro atoms. The molecule has 1 atom stereocenters. The van der Waals surface area contributed by atoms with Crippen LogP contribution in [0.3, 0.4) is 0 Å². The molecule has 12 heteroatoms. The number of amides is 2. The molecule has 1 unspecified atom stereocenters. The van der Waals surface area contributed by atoms with E-state index in [0.717, 1.165) is 11.1 Å². The molecular weight excluding hydrogens is 582 g/mol. The van der Waals surface area contributed by atoms with E-state index in [1.54, 1.807) is 55.9 Å². The van der Waals surface area contributed by atoms with Gasteiger partial charge < -0.3 is 10.2 Å². The average molecular weight is 608 g/mol. The number of hydrogen-bond acceptors (Lipinski definition) is 7. The quantitative estimate of drug-likeness (QED) is 0.268. The summed E-state index contributed by atoms with van der Waals surface area (Å²) >= 11 is 7.53. The number of sulfonamides is 1. The second-order valence-electron chi connectivity index (χ2n) is 9.49. The maximum atomic E-state index is 12.9. The summed E-state index contributed by atoms with van der Waals surface area (Å²) in [5, 5.41) is 3.27. The van der Waals surface area contributed by atoms with E-state index in [2.05, 4.69) is 20.0 Å². The van der Waals surface area contributed by atoms with E-state index in [-0.39, 0.29) is 28.0 Å². The number of thioether (sulfide) groups is 1. The van der Waals surface area contributed by atoms with E-state index in [4.69, 9.17) is 11.6 Å². The standard InChI is InChI=1S/C29H26ClN5O4S2/c1-18-15-19(2)32-29(31-18)34-41(38,39)25-13-11-24(12-14-25)33-27(37)21-5-7-22(8-6-21)28-35(26(36)17-40-28)16-20-3-9-23(30)10-4-20/h3-15,28H,16-17H2,1-2H3,(H,33,37)(H,31,32,34). The van der Waals surface area contributed by atoms with Crippen molar-refractivity contribution in [2.45, 2.75) is 30.7 Å². The number of nitrogens with zero attached hydrogens (tertiary/aromatic N) is 3. The Morgan fingerprint density at radius 1 is 0.976 bits per heavy atom. The van der Waals surface area contributed by atoms with Crippen LogP contribution in [0.2, 0.25) is 5.02 Å². The van der Waals surface area contributed by atoms with Gasteiger partial charge in [-0.2, -0.15) is 0 Å². The van der Waals surface area contributed by atoms with E-state index < -0.39 is 10.0 Å². The highest BCUT2D eigenvalue weighted by Crippen LogP contribution is 2.39. The van der Waals surface area contributed by atoms with Crippen LogP contribution >= 0.6 is 23.4 Å². The molecule has 1 aromatic heterocycles. The van der Waals surface area contributed by atoms with Gasteiger partial charge in [-0.3, -0.25) is 9.59 Å². The van der Waals surface area contributed by atoms with Gasteiger partial charge in [-0.1, -0.05) is 35.9 Å². The van der Waals surface area contributed by atoms with Gasteiger partial charge in [0.25, 0.3) is 15.9 Å². The minimum absolute atomic E-state index is 0.00297. The lowest BCUT2D eigenvalue weighted by Crippen LogP contribution is -2.27. The molecule has 1 aliphatic heterocycles. The maximum absolute atomic E-state index is 12.9. The number of rotatable bonds is 8. The molecule has 1 saturated heterocycles. The minimum Gasteiger partial charge on any atom is -0.322 e. The zero-order valence-corrected chi connectivity index (χ0v) is 24.6. The molecule has 9 nitrogen and oxygen atoms in total. The average Bonchev–Trinajstić information content (AvgIpc) is 3.29. The van der Waals surface area contributed by atoms with Crippen molar-refractivity contribution in [3.8, 4) is 0 Å². The number of carbonyl (C=O) groups excluding carboxylic acids is 2. The first-order valence-corrected chi connectivity index (χ1v) is 15.5. The lowest BCUT2D eigenvalue weighted by Gasteiger charge is -2.24. The number of aryl methyl sites for hydroxylation is 2. The molecule has 1 fully saturated rings. The molecular formula is C29H26ClN5O4S2. The molecule has 2 N–H and O–H groups in total. The SMILES string of the molecule is Cc1cc(C)nc(NS(=O)(=O)c2ccc(NC(=O)c3ccc(C4SCC(=O)N4Cc4ccc(Cl)cc4)cc3)cc2)n1. The molecule has 0 aliphatic carbocycles. The summed E-state index contributed by atoms with van der Waals surface area (Å²) < 4.78 is 27.9. The highest BCUT2D eigenvalue weighted by Gasteiger charge is 2.32. The van der Waals surface area contributed by atoms with Gasteiger partial charge in [0.05, 0.1) is 10.6 Å². The molecule has 0 saturated carbocycles. The lowest BCUT2D eigenvalue weighted by molar-refractivity contribution is -0.128. The number of halogens is 1. The molecule has 4 aromatic rings. The smallest absolute Gasteiger partial charge is 0.264 e. The third kappa shape index (κ3) is 6.87. The summed E-state index contributed by atoms with van der Waals surface area (Å²) in [5.74, 6) is 0.0946. The summed E-state index contributed by atoms with van der Waals surface area (Å²) in [7, 11) is -3.91. The van der Waals surface area contributed by atoms with Crippen molar-refractivity contribution in [1.29, 1.82) is 0 Å². The fourth-order valence-electron chi connectivity index (χ4n) is 4.36. The minimum atomic E-state index is -3.91. The van der Waals surface area contributed by atoms with Crippen molar-refractivity contribution in [3.63, 3.8) is 0 Å². The van der Waals surface area contributed by atoms with Gasteiger partial charge >= 0.3 is 0 Å². The first kappa shape index (κ1) is 28.6. The second kappa shape index (κ2) is 11.9. The molecule has 41 heavy (non-hydrogen) atoms. The number of aromatic nitrogens is 2. The van der Waals surface area contributed by atoms with Crippen molar-refractivity contribution < 1.29 is 18.0 Å². The van der Waals surface area contributed by atoms with Gasteiger partial charge in [0.15, 0.2) is 0 Å². The van der Waals surface area contributed by atoms with Crippen LogP contribution < -0.4 is 10.0 Å². The molecule has 5 rings (SSSR count). The van der Waals surface area contributed by atoms with Crippen molar-refractivity contribution >= 4 is 56.8 Å². The molecule has 210 valence electrons. The summed E-state index contributed by atoms with van der Waals surface area (Å²) in [6.07, 6.45) is 0. The second-order valence-corrected chi connectivity index (χ2v) is 12.7. The van der Waals surface area contributed by atoms with Crippen molar-refractivity contribution in [3.05, 3.63) is 112 Å². The summed E-state index contributed by atoms with van der Waals surface area (Å²) in [4.78, 5) is 35.5.